The third-order valence-electron chi connectivity index (χ3n) is 4.61. The molecule has 1 atom stereocenters. The minimum Gasteiger partial charge on any atom is -0.371 e. The average molecular weight is 419 g/mol. The molecule has 1 heterocycles. The summed E-state index contributed by atoms with van der Waals surface area (Å²) in [6, 6.07) is 15.1. The summed E-state index contributed by atoms with van der Waals surface area (Å²) in [6.07, 6.45) is 1.16. The summed E-state index contributed by atoms with van der Waals surface area (Å²) >= 11 is 3.48. The van der Waals surface area contributed by atoms with Crippen LogP contribution in [-0.4, -0.2) is 32.6 Å². The zero-order chi connectivity index (χ0) is 18.4. The van der Waals surface area contributed by atoms with Crippen molar-refractivity contribution in [1.82, 2.24) is 10.6 Å². The fourth-order valence-electron chi connectivity index (χ4n) is 3.18. The lowest BCUT2D eigenvalue weighted by atomic mass is 10.1. The van der Waals surface area contributed by atoms with Crippen LogP contribution in [-0.2, 0) is 6.54 Å². The van der Waals surface area contributed by atoms with Gasteiger partial charge in [0.25, 0.3) is 0 Å². The lowest BCUT2D eigenvalue weighted by molar-refractivity contribution is 0.565. The number of benzene rings is 2. The monoisotopic (exact) mass is 418 g/mol. The summed E-state index contributed by atoms with van der Waals surface area (Å²) in [5.74, 6) is 1.11. The van der Waals surface area contributed by atoms with Gasteiger partial charge in [0.1, 0.15) is 5.82 Å². The average Bonchev–Trinajstić information content (AvgIpc) is 3.11. The van der Waals surface area contributed by atoms with Gasteiger partial charge in [0.2, 0.25) is 0 Å². The molecule has 0 aliphatic carbocycles. The van der Waals surface area contributed by atoms with E-state index in [0.29, 0.717) is 12.5 Å². The first-order valence-electron chi connectivity index (χ1n) is 8.83. The Morgan fingerprint density at radius 3 is 2.77 bits per heavy atom. The molecule has 138 valence electrons. The molecule has 1 aliphatic rings. The van der Waals surface area contributed by atoms with Crippen molar-refractivity contribution in [2.75, 3.05) is 31.6 Å². The third-order valence-corrected chi connectivity index (χ3v) is 5.14. The van der Waals surface area contributed by atoms with E-state index >= 15 is 0 Å². The summed E-state index contributed by atoms with van der Waals surface area (Å²) < 4.78 is 14.3. The summed E-state index contributed by atoms with van der Waals surface area (Å²) in [5.41, 5.74) is 2.17. The summed E-state index contributed by atoms with van der Waals surface area (Å²) in [6.45, 7) is 3.53. The molecule has 0 saturated carbocycles. The highest BCUT2D eigenvalue weighted by Gasteiger charge is 2.22. The van der Waals surface area contributed by atoms with Crippen molar-refractivity contribution in [3.8, 4) is 0 Å². The highest BCUT2D eigenvalue weighted by molar-refractivity contribution is 9.10. The number of nitrogens with zero attached hydrogens (tertiary/aromatic N) is 2. The van der Waals surface area contributed by atoms with Gasteiger partial charge in [-0.1, -0.05) is 28.1 Å². The highest BCUT2D eigenvalue weighted by Crippen LogP contribution is 2.24. The SMILES string of the molecule is CN=C(NCc1cccc(F)c1)NCC1CCN(c2ccc(Br)cc2)C1. The lowest BCUT2D eigenvalue weighted by Crippen LogP contribution is -2.39. The Morgan fingerprint density at radius 1 is 1.23 bits per heavy atom. The first-order chi connectivity index (χ1) is 12.6. The molecule has 4 nitrogen and oxygen atoms in total. The molecule has 1 aliphatic heterocycles. The predicted octanol–water partition coefficient (Wildman–Crippen LogP) is 3.78. The quantitative estimate of drug-likeness (QED) is 0.573. The van der Waals surface area contributed by atoms with Crippen LogP contribution in [0.1, 0.15) is 12.0 Å². The summed E-state index contributed by atoms with van der Waals surface area (Å²) in [4.78, 5) is 6.67. The van der Waals surface area contributed by atoms with Crippen LogP contribution in [0, 0.1) is 11.7 Å². The Morgan fingerprint density at radius 2 is 2.04 bits per heavy atom. The fourth-order valence-corrected chi connectivity index (χ4v) is 3.44. The largest absolute Gasteiger partial charge is 0.371 e. The molecule has 2 aromatic carbocycles. The molecule has 2 aromatic rings. The number of hydrogen-bond acceptors (Lipinski definition) is 2. The Kier molecular flexibility index (Phi) is 6.50. The summed E-state index contributed by atoms with van der Waals surface area (Å²) in [7, 11) is 1.75. The summed E-state index contributed by atoms with van der Waals surface area (Å²) in [5, 5.41) is 6.63. The molecule has 1 fully saturated rings. The molecule has 0 amide bonds. The molecule has 3 rings (SSSR count). The number of anilines is 1. The van der Waals surface area contributed by atoms with E-state index < -0.39 is 0 Å². The molecule has 6 heteroatoms. The second-order valence-electron chi connectivity index (χ2n) is 6.51. The van der Waals surface area contributed by atoms with Crippen LogP contribution in [0.25, 0.3) is 0 Å². The van der Waals surface area contributed by atoms with Gasteiger partial charge in [-0.05, 0) is 54.3 Å². The van der Waals surface area contributed by atoms with Crippen molar-refractivity contribution in [3.63, 3.8) is 0 Å². The number of guanidine groups is 1. The van der Waals surface area contributed by atoms with Crippen molar-refractivity contribution >= 4 is 27.6 Å². The van der Waals surface area contributed by atoms with Gasteiger partial charge in [0, 0.05) is 43.4 Å². The Bertz CT molecular complexity index is 748. The molecule has 1 saturated heterocycles. The van der Waals surface area contributed by atoms with E-state index in [1.807, 2.05) is 6.07 Å². The van der Waals surface area contributed by atoms with Gasteiger partial charge in [0.05, 0.1) is 0 Å². The second-order valence-corrected chi connectivity index (χ2v) is 7.43. The minimum atomic E-state index is -0.216. The molecule has 26 heavy (non-hydrogen) atoms. The van der Waals surface area contributed by atoms with E-state index in [9.17, 15) is 4.39 Å². The number of halogens is 2. The number of aliphatic imine (C=N–C) groups is 1. The third kappa shape index (κ3) is 5.21. The van der Waals surface area contributed by atoms with Crippen molar-refractivity contribution in [2.45, 2.75) is 13.0 Å². The minimum absolute atomic E-state index is 0.216. The standard InChI is InChI=1S/C20H24BrFN4/c1-23-20(24-12-15-3-2-4-18(22)11-15)25-13-16-9-10-26(14-16)19-7-5-17(21)6-8-19/h2-8,11,16H,9-10,12-14H2,1H3,(H2,23,24,25). The van der Waals surface area contributed by atoms with E-state index in [1.54, 1.807) is 13.1 Å². The first-order valence-corrected chi connectivity index (χ1v) is 9.63. The van der Waals surface area contributed by atoms with Crippen molar-refractivity contribution in [1.29, 1.82) is 0 Å². The topological polar surface area (TPSA) is 39.7 Å². The van der Waals surface area contributed by atoms with Gasteiger partial charge in [-0.3, -0.25) is 4.99 Å². The van der Waals surface area contributed by atoms with E-state index in [-0.39, 0.29) is 5.82 Å². The van der Waals surface area contributed by atoms with E-state index in [2.05, 4.69) is 60.7 Å². The Hall–Kier alpha value is -2.08. The van der Waals surface area contributed by atoms with Crippen LogP contribution in [0.3, 0.4) is 0 Å². The van der Waals surface area contributed by atoms with Crippen LogP contribution in [0.5, 0.6) is 0 Å². The van der Waals surface area contributed by atoms with Crippen LogP contribution >= 0.6 is 15.9 Å². The molecular weight excluding hydrogens is 395 g/mol. The molecule has 1 unspecified atom stereocenters. The van der Waals surface area contributed by atoms with Crippen molar-refractivity contribution in [2.24, 2.45) is 10.9 Å². The maximum absolute atomic E-state index is 13.2. The van der Waals surface area contributed by atoms with Gasteiger partial charge in [-0.25, -0.2) is 4.39 Å². The maximum Gasteiger partial charge on any atom is 0.191 e. The molecule has 0 aromatic heterocycles. The highest BCUT2D eigenvalue weighted by atomic mass is 79.9. The molecule has 2 N–H and O–H groups in total. The van der Waals surface area contributed by atoms with Crippen LogP contribution in [0.4, 0.5) is 10.1 Å². The molecule has 0 radical (unpaired) electrons. The van der Waals surface area contributed by atoms with Gasteiger partial charge in [-0.2, -0.15) is 0 Å². The van der Waals surface area contributed by atoms with Crippen LogP contribution in [0.2, 0.25) is 0 Å². The first kappa shape index (κ1) is 18.7. The predicted molar refractivity (Wildman–Crippen MR) is 109 cm³/mol. The number of rotatable bonds is 5. The van der Waals surface area contributed by atoms with Crippen molar-refractivity contribution in [3.05, 3.63) is 64.4 Å². The maximum atomic E-state index is 13.2. The van der Waals surface area contributed by atoms with Gasteiger partial charge < -0.3 is 15.5 Å². The van der Waals surface area contributed by atoms with Gasteiger partial charge in [0.15, 0.2) is 5.96 Å². The van der Waals surface area contributed by atoms with Gasteiger partial charge in [-0.15, -0.1) is 0 Å². The molecular formula is C20H24BrFN4. The van der Waals surface area contributed by atoms with E-state index in [1.165, 1.54) is 17.8 Å². The van der Waals surface area contributed by atoms with E-state index in [4.69, 9.17) is 0 Å². The lowest BCUT2D eigenvalue weighted by Gasteiger charge is -2.19. The zero-order valence-corrected chi connectivity index (χ0v) is 16.5. The normalized spacial score (nSPS) is 17.4. The Balaban J connectivity index is 1.45. The fraction of sp³-hybridized carbons (Fsp3) is 0.350. The second kappa shape index (κ2) is 9.03. The Labute approximate surface area is 162 Å². The van der Waals surface area contributed by atoms with Gasteiger partial charge >= 0.3 is 0 Å². The molecule has 0 bridgehead atoms. The van der Waals surface area contributed by atoms with Crippen LogP contribution in [0.15, 0.2) is 58.0 Å². The van der Waals surface area contributed by atoms with E-state index in [0.717, 1.165) is 42.1 Å². The number of hydrogen-bond donors (Lipinski definition) is 2. The molecule has 0 spiro atoms. The van der Waals surface area contributed by atoms with Crippen molar-refractivity contribution < 1.29 is 4.39 Å². The zero-order valence-electron chi connectivity index (χ0n) is 14.9. The smallest absolute Gasteiger partial charge is 0.191 e. The van der Waals surface area contributed by atoms with Crippen LogP contribution < -0.4 is 15.5 Å². The number of nitrogens with one attached hydrogen (secondary N) is 2.